The molecule has 2 N–H and O–H groups in total. The summed E-state index contributed by atoms with van der Waals surface area (Å²) in [5, 5.41) is 13.7. The minimum atomic E-state index is 0.539. The monoisotopic (exact) mass is 251 g/mol. The molecule has 0 aliphatic rings. The predicted molar refractivity (Wildman–Crippen MR) is 74.6 cm³/mol. The van der Waals surface area contributed by atoms with Crippen LogP contribution in [0.5, 0.6) is 0 Å². The van der Waals surface area contributed by atoms with Crippen LogP contribution >= 0.6 is 0 Å². The summed E-state index contributed by atoms with van der Waals surface area (Å²) >= 11 is 0. The molecule has 0 aliphatic carbocycles. The number of hydrogen-bond acceptors (Lipinski definition) is 3. The fourth-order valence-electron chi connectivity index (χ4n) is 2.11. The van der Waals surface area contributed by atoms with Gasteiger partial charge in [-0.25, -0.2) is 0 Å². The largest absolute Gasteiger partial charge is 0.411 e. The third-order valence-electron chi connectivity index (χ3n) is 3.06. The molecule has 0 saturated carbocycles. The summed E-state index contributed by atoms with van der Waals surface area (Å²) in [6.07, 6.45) is 4.03. The van der Waals surface area contributed by atoms with E-state index in [1.54, 1.807) is 12.4 Å². The average Bonchev–Trinajstić information content (AvgIpc) is 2.89. The molecule has 0 spiro atoms. The highest BCUT2D eigenvalue weighted by atomic mass is 16.4. The number of nitrogens with one attached hydrogen (secondary N) is 1. The van der Waals surface area contributed by atoms with Crippen molar-refractivity contribution in [2.45, 2.75) is 6.42 Å². The molecule has 0 radical (unpaired) electrons. The van der Waals surface area contributed by atoms with Crippen LogP contribution in [0.3, 0.4) is 0 Å². The zero-order valence-corrected chi connectivity index (χ0v) is 10.2. The van der Waals surface area contributed by atoms with Gasteiger partial charge in [0, 0.05) is 29.7 Å². The van der Waals surface area contributed by atoms with E-state index in [1.165, 1.54) is 0 Å². The Labute approximate surface area is 110 Å². The number of oxime groups is 1. The summed E-state index contributed by atoms with van der Waals surface area (Å²) in [5.41, 5.74) is 3.47. The van der Waals surface area contributed by atoms with Gasteiger partial charge in [0.15, 0.2) is 0 Å². The molecule has 2 aromatic heterocycles. The summed E-state index contributed by atoms with van der Waals surface area (Å²) in [6, 6.07) is 13.8. The highest BCUT2D eigenvalue weighted by Gasteiger charge is 2.09. The second kappa shape index (κ2) is 4.94. The molecule has 1 aromatic carbocycles. The van der Waals surface area contributed by atoms with Crippen molar-refractivity contribution < 1.29 is 5.21 Å². The molecule has 0 atom stereocenters. The van der Waals surface area contributed by atoms with Crippen LogP contribution in [0.1, 0.15) is 11.3 Å². The van der Waals surface area contributed by atoms with Gasteiger partial charge in [-0.3, -0.25) is 4.98 Å². The van der Waals surface area contributed by atoms with E-state index in [0.29, 0.717) is 12.1 Å². The Morgan fingerprint density at radius 3 is 2.84 bits per heavy atom. The molecule has 4 nitrogen and oxygen atoms in total. The van der Waals surface area contributed by atoms with E-state index in [2.05, 4.69) is 15.1 Å². The van der Waals surface area contributed by atoms with Crippen molar-refractivity contribution in [3.63, 3.8) is 0 Å². The summed E-state index contributed by atoms with van der Waals surface area (Å²) in [7, 11) is 0. The molecule has 0 amide bonds. The van der Waals surface area contributed by atoms with Crippen molar-refractivity contribution in [1.82, 2.24) is 9.97 Å². The van der Waals surface area contributed by atoms with Gasteiger partial charge in [-0.15, -0.1) is 0 Å². The lowest BCUT2D eigenvalue weighted by Crippen LogP contribution is -2.06. The molecule has 0 fully saturated rings. The Morgan fingerprint density at radius 2 is 2.11 bits per heavy atom. The number of aromatic amines is 1. The maximum atomic E-state index is 9.21. The van der Waals surface area contributed by atoms with E-state index in [4.69, 9.17) is 0 Å². The van der Waals surface area contributed by atoms with Gasteiger partial charge >= 0.3 is 0 Å². The molecule has 4 heteroatoms. The van der Waals surface area contributed by atoms with E-state index in [9.17, 15) is 5.21 Å². The molecule has 0 aliphatic heterocycles. The van der Waals surface area contributed by atoms with Crippen molar-refractivity contribution in [2.75, 3.05) is 0 Å². The van der Waals surface area contributed by atoms with Crippen molar-refractivity contribution in [1.29, 1.82) is 0 Å². The molecule has 0 saturated heterocycles. The van der Waals surface area contributed by atoms with Crippen LogP contribution < -0.4 is 0 Å². The van der Waals surface area contributed by atoms with Crippen LogP contribution in [0.2, 0.25) is 0 Å². The first kappa shape index (κ1) is 11.5. The molecule has 94 valence electrons. The topological polar surface area (TPSA) is 61.3 Å². The summed E-state index contributed by atoms with van der Waals surface area (Å²) in [6.45, 7) is 0. The molecule has 3 aromatic rings. The standard InChI is InChI=1S/C15H13N3O/c19-18-15(8-11-4-3-7-16-10-11)14-9-12-5-1-2-6-13(12)17-14/h1-7,9-10,17,19H,8H2/b18-15+. The van der Waals surface area contributed by atoms with E-state index < -0.39 is 0 Å². The van der Waals surface area contributed by atoms with E-state index in [1.807, 2.05) is 42.5 Å². The summed E-state index contributed by atoms with van der Waals surface area (Å²) in [4.78, 5) is 7.32. The molecule has 19 heavy (non-hydrogen) atoms. The van der Waals surface area contributed by atoms with E-state index >= 15 is 0 Å². The van der Waals surface area contributed by atoms with Crippen LogP contribution in [-0.4, -0.2) is 20.9 Å². The van der Waals surface area contributed by atoms with Crippen LogP contribution in [-0.2, 0) is 6.42 Å². The maximum absolute atomic E-state index is 9.21. The van der Waals surface area contributed by atoms with Gasteiger partial charge in [0.1, 0.15) is 5.71 Å². The second-order valence-electron chi connectivity index (χ2n) is 4.36. The predicted octanol–water partition coefficient (Wildman–Crippen LogP) is 2.98. The van der Waals surface area contributed by atoms with Crippen molar-refractivity contribution in [3.05, 3.63) is 66.1 Å². The second-order valence-corrected chi connectivity index (χ2v) is 4.36. The Hall–Kier alpha value is -2.62. The fourth-order valence-corrected chi connectivity index (χ4v) is 2.11. The number of nitrogens with zero attached hydrogens (tertiary/aromatic N) is 2. The van der Waals surface area contributed by atoms with Crippen molar-refractivity contribution in [2.24, 2.45) is 5.16 Å². The minimum Gasteiger partial charge on any atom is -0.411 e. The first-order chi connectivity index (χ1) is 9.36. The smallest absolute Gasteiger partial charge is 0.107 e. The zero-order chi connectivity index (χ0) is 13.1. The number of para-hydroxylation sites is 1. The average molecular weight is 251 g/mol. The van der Waals surface area contributed by atoms with Crippen LogP contribution in [0.25, 0.3) is 10.9 Å². The molecule has 0 bridgehead atoms. The number of fused-ring (bicyclic) bond motifs is 1. The highest BCUT2D eigenvalue weighted by Crippen LogP contribution is 2.16. The van der Waals surface area contributed by atoms with Gasteiger partial charge < -0.3 is 10.2 Å². The third-order valence-corrected chi connectivity index (χ3v) is 3.06. The number of pyridine rings is 1. The lowest BCUT2D eigenvalue weighted by molar-refractivity contribution is 0.318. The fraction of sp³-hybridized carbons (Fsp3) is 0.0667. The van der Waals surface area contributed by atoms with Gasteiger partial charge in [0.05, 0.1) is 5.69 Å². The Morgan fingerprint density at radius 1 is 1.21 bits per heavy atom. The lowest BCUT2D eigenvalue weighted by Gasteiger charge is -2.01. The number of benzene rings is 1. The van der Waals surface area contributed by atoms with E-state index in [0.717, 1.165) is 22.2 Å². The maximum Gasteiger partial charge on any atom is 0.107 e. The van der Waals surface area contributed by atoms with E-state index in [-0.39, 0.29) is 0 Å². The molecular weight excluding hydrogens is 238 g/mol. The lowest BCUT2D eigenvalue weighted by atomic mass is 10.1. The number of rotatable bonds is 3. The van der Waals surface area contributed by atoms with Crippen LogP contribution in [0.4, 0.5) is 0 Å². The third kappa shape index (κ3) is 2.33. The van der Waals surface area contributed by atoms with Gasteiger partial charge in [0.2, 0.25) is 0 Å². The van der Waals surface area contributed by atoms with Gasteiger partial charge in [-0.2, -0.15) is 0 Å². The Bertz CT molecular complexity index is 683. The molecule has 3 rings (SSSR count). The Balaban J connectivity index is 1.94. The van der Waals surface area contributed by atoms with Gasteiger partial charge in [-0.1, -0.05) is 29.4 Å². The highest BCUT2D eigenvalue weighted by molar-refractivity contribution is 6.03. The summed E-state index contributed by atoms with van der Waals surface area (Å²) in [5.74, 6) is 0. The van der Waals surface area contributed by atoms with Gasteiger partial charge in [0.25, 0.3) is 0 Å². The van der Waals surface area contributed by atoms with Gasteiger partial charge in [-0.05, 0) is 23.8 Å². The number of H-pyrrole nitrogens is 1. The first-order valence-corrected chi connectivity index (χ1v) is 6.05. The normalized spacial score (nSPS) is 11.9. The SMILES string of the molecule is O/N=C(\Cc1cccnc1)c1cc2ccccc2[nH]1. The van der Waals surface area contributed by atoms with Crippen LogP contribution in [0.15, 0.2) is 60.0 Å². The molecular formula is C15H13N3O. The number of hydrogen-bond donors (Lipinski definition) is 2. The first-order valence-electron chi connectivity index (χ1n) is 6.05. The summed E-state index contributed by atoms with van der Waals surface area (Å²) < 4.78 is 0. The van der Waals surface area contributed by atoms with Crippen molar-refractivity contribution in [3.8, 4) is 0 Å². The van der Waals surface area contributed by atoms with Crippen LogP contribution in [0, 0.1) is 0 Å². The quantitative estimate of drug-likeness (QED) is 0.427. The minimum absolute atomic E-state index is 0.539. The number of aromatic nitrogens is 2. The molecule has 2 heterocycles. The Kier molecular flexibility index (Phi) is 2.98. The van der Waals surface area contributed by atoms with Crippen molar-refractivity contribution >= 4 is 16.6 Å². The molecule has 0 unspecified atom stereocenters. The zero-order valence-electron chi connectivity index (χ0n) is 10.2.